The third-order valence-corrected chi connectivity index (χ3v) is 4.10. The number of anilines is 2. The van der Waals surface area contributed by atoms with Crippen molar-refractivity contribution >= 4 is 17.2 Å². The number of hydrogen-bond donors (Lipinski definition) is 0. The summed E-state index contributed by atoms with van der Waals surface area (Å²) in [7, 11) is 0. The Morgan fingerprint density at radius 3 is 2.39 bits per heavy atom. The molecule has 0 bridgehead atoms. The zero-order valence-electron chi connectivity index (χ0n) is 13.3. The Morgan fingerprint density at radius 2 is 1.78 bits per heavy atom. The summed E-state index contributed by atoms with van der Waals surface area (Å²) >= 11 is 0. The Balaban J connectivity index is 1.70. The lowest BCUT2D eigenvalue weighted by Crippen LogP contribution is -2.47. The van der Waals surface area contributed by atoms with E-state index in [1.165, 1.54) is 0 Å². The Hall–Kier alpha value is -2.70. The second kappa shape index (κ2) is 6.20. The predicted molar refractivity (Wildman–Crippen MR) is 89.0 cm³/mol. The number of hydrogen-bond acceptors (Lipinski definition) is 6. The maximum Gasteiger partial charge on any atom is 0.269 e. The normalized spacial score (nSPS) is 14.9. The van der Waals surface area contributed by atoms with Crippen LogP contribution >= 0.6 is 0 Å². The van der Waals surface area contributed by atoms with Crippen molar-refractivity contribution in [3.63, 3.8) is 0 Å². The third kappa shape index (κ3) is 3.23. The van der Waals surface area contributed by atoms with Crippen LogP contribution in [-0.4, -0.2) is 41.1 Å². The van der Waals surface area contributed by atoms with E-state index in [9.17, 15) is 10.1 Å². The van der Waals surface area contributed by atoms with Gasteiger partial charge in [-0.3, -0.25) is 10.1 Å². The number of rotatable bonds is 3. The Kier molecular flexibility index (Phi) is 4.10. The predicted octanol–water partition coefficient (Wildman–Crippen LogP) is 2.33. The number of non-ortho nitro benzene ring substituents is 1. The van der Waals surface area contributed by atoms with Gasteiger partial charge in [0.05, 0.1) is 4.92 Å². The van der Waals surface area contributed by atoms with E-state index >= 15 is 0 Å². The van der Waals surface area contributed by atoms with Crippen molar-refractivity contribution in [3.8, 4) is 0 Å². The molecular formula is C16H19N5O2. The van der Waals surface area contributed by atoms with Crippen LogP contribution in [-0.2, 0) is 0 Å². The second-order valence-corrected chi connectivity index (χ2v) is 5.66. The van der Waals surface area contributed by atoms with E-state index in [1.807, 2.05) is 26.0 Å². The highest BCUT2D eigenvalue weighted by Crippen LogP contribution is 2.26. The fourth-order valence-electron chi connectivity index (χ4n) is 2.90. The van der Waals surface area contributed by atoms with Gasteiger partial charge in [0, 0.05) is 50.2 Å². The van der Waals surface area contributed by atoms with Crippen molar-refractivity contribution in [2.45, 2.75) is 13.8 Å². The molecule has 0 unspecified atom stereocenters. The molecule has 23 heavy (non-hydrogen) atoms. The maximum absolute atomic E-state index is 10.8. The molecule has 1 aromatic heterocycles. The van der Waals surface area contributed by atoms with Crippen molar-refractivity contribution < 1.29 is 4.92 Å². The third-order valence-electron chi connectivity index (χ3n) is 4.10. The Morgan fingerprint density at radius 1 is 1.09 bits per heavy atom. The largest absolute Gasteiger partial charge is 0.368 e. The average molecular weight is 313 g/mol. The van der Waals surface area contributed by atoms with Gasteiger partial charge in [-0.05, 0) is 31.5 Å². The molecule has 0 atom stereocenters. The monoisotopic (exact) mass is 313 g/mol. The molecule has 2 aromatic rings. The number of nitro groups is 1. The van der Waals surface area contributed by atoms with Crippen molar-refractivity contribution in [2.75, 3.05) is 36.0 Å². The minimum atomic E-state index is -0.355. The SMILES string of the molecule is Cc1nccc(N2CCN(c3ccc([N+](=O)[O-])cc3C)CC2)n1. The second-order valence-electron chi connectivity index (χ2n) is 5.66. The van der Waals surface area contributed by atoms with Gasteiger partial charge in [-0.1, -0.05) is 0 Å². The molecule has 1 aliphatic heterocycles. The fourth-order valence-corrected chi connectivity index (χ4v) is 2.90. The van der Waals surface area contributed by atoms with Crippen LogP contribution in [0.1, 0.15) is 11.4 Å². The minimum absolute atomic E-state index is 0.140. The standard InChI is InChI=1S/C16H19N5O2/c1-12-11-14(21(22)23)3-4-15(12)19-7-9-20(10-8-19)16-5-6-17-13(2)18-16/h3-6,11H,7-10H2,1-2H3. The van der Waals surface area contributed by atoms with Crippen molar-refractivity contribution in [1.29, 1.82) is 0 Å². The van der Waals surface area contributed by atoms with Gasteiger partial charge in [0.2, 0.25) is 0 Å². The first kappa shape index (κ1) is 15.2. The van der Waals surface area contributed by atoms with Gasteiger partial charge < -0.3 is 9.80 Å². The Bertz CT molecular complexity index is 726. The van der Waals surface area contributed by atoms with Crippen LogP contribution in [0, 0.1) is 24.0 Å². The van der Waals surface area contributed by atoms with Crippen LogP contribution < -0.4 is 9.80 Å². The van der Waals surface area contributed by atoms with Gasteiger partial charge in [-0.25, -0.2) is 9.97 Å². The topological polar surface area (TPSA) is 75.4 Å². The molecule has 0 spiro atoms. The van der Waals surface area contributed by atoms with Crippen LogP contribution in [0.3, 0.4) is 0 Å². The van der Waals surface area contributed by atoms with Gasteiger partial charge >= 0.3 is 0 Å². The molecule has 0 amide bonds. The first-order chi connectivity index (χ1) is 11.0. The van der Waals surface area contributed by atoms with E-state index in [4.69, 9.17) is 0 Å². The number of aromatic nitrogens is 2. The molecule has 3 rings (SSSR count). The zero-order chi connectivity index (χ0) is 16.4. The maximum atomic E-state index is 10.8. The van der Waals surface area contributed by atoms with E-state index in [2.05, 4.69) is 19.8 Å². The van der Waals surface area contributed by atoms with Crippen LogP contribution in [0.4, 0.5) is 17.2 Å². The zero-order valence-corrected chi connectivity index (χ0v) is 13.3. The first-order valence-electron chi connectivity index (χ1n) is 7.59. The molecule has 7 nitrogen and oxygen atoms in total. The molecule has 1 fully saturated rings. The number of nitrogens with zero attached hydrogens (tertiary/aromatic N) is 5. The van der Waals surface area contributed by atoms with Crippen molar-refractivity contribution in [1.82, 2.24) is 9.97 Å². The van der Waals surface area contributed by atoms with Crippen LogP contribution in [0.5, 0.6) is 0 Å². The highest BCUT2D eigenvalue weighted by Gasteiger charge is 2.20. The summed E-state index contributed by atoms with van der Waals surface area (Å²) in [6.07, 6.45) is 1.78. The molecule has 120 valence electrons. The fraction of sp³-hybridized carbons (Fsp3) is 0.375. The molecule has 0 N–H and O–H groups in total. The van der Waals surface area contributed by atoms with Crippen LogP contribution in [0.2, 0.25) is 0 Å². The van der Waals surface area contributed by atoms with Gasteiger partial charge in [0.25, 0.3) is 5.69 Å². The van der Waals surface area contributed by atoms with E-state index < -0.39 is 0 Å². The van der Waals surface area contributed by atoms with Crippen LogP contribution in [0.25, 0.3) is 0 Å². The summed E-state index contributed by atoms with van der Waals surface area (Å²) in [5, 5.41) is 10.8. The number of aryl methyl sites for hydroxylation is 2. The summed E-state index contributed by atoms with van der Waals surface area (Å²) in [5.74, 6) is 1.73. The highest BCUT2D eigenvalue weighted by molar-refractivity contribution is 5.58. The highest BCUT2D eigenvalue weighted by atomic mass is 16.6. The van der Waals surface area contributed by atoms with Gasteiger partial charge in [0.1, 0.15) is 11.6 Å². The number of nitro benzene ring substituents is 1. The lowest BCUT2D eigenvalue weighted by molar-refractivity contribution is -0.384. The van der Waals surface area contributed by atoms with E-state index in [0.29, 0.717) is 0 Å². The summed E-state index contributed by atoms with van der Waals surface area (Å²) in [6, 6.07) is 6.98. The van der Waals surface area contributed by atoms with Crippen LogP contribution in [0.15, 0.2) is 30.5 Å². The quantitative estimate of drug-likeness (QED) is 0.639. The van der Waals surface area contributed by atoms with Gasteiger partial charge in [0.15, 0.2) is 0 Å². The first-order valence-corrected chi connectivity index (χ1v) is 7.59. The molecule has 1 saturated heterocycles. The van der Waals surface area contributed by atoms with Crippen molar-refractivity contribution in [2.24, 2.45) is 0 Å². The number of benzene rings is 1. The van der Waals surface area contributed by atoms with E-state index in [1.54, 1.807) is 18.3 Å². The summed E-state index contributed by atoms with van der Waals surface area (Å²) in [6.45, 7) is 7.27. The Labute approximate surface area is 134 Å². The molecule has 1 aromatic carbocycles. The molecule has 1 aliphatic rings. The molecule has 0 radical (unpaired) electrons. The summed E-state index contributed by atoms with van der Waals surface area (Å²) in [5.41, 5.74) is 2.14. The molecule has 0 saturated carbocycles. The number of piperazine rings is 1. The minimum Gasteiger partial charge on any atom is -0.368 e. The average Bonchev–Trinajstić information content (AvgIpc) is 2.55. The van der Waals surface area contributed by atoms with Gasteiger partial charge in [-0.15, -0.1) is 0 Å². The lowest BCUT2D eigenvalue weighted by Gasteiger charge is -2.37. The molecular weight excluding hydrogens is 294 g/mol. The lowest BCUT2D eigenvalue weighted by atomic mass is 10.1. The van der Waals surface area contributed by atoms with E-state index in [0.717, 1.165) is 49.1 Å². The summed E-state index contributed by atoms with van der Waals surface area (Å²) < 4.78 is 0. The molecule has 0 aliphatic carbocycles. The summed E-state index contributed by atoms with van der Waals surface area (Å²) in [4.78, 5) is 23.6. The van der Waals surface area contributed by atoms with Gasteiger partial charge in [-0.2, -0.15) is 0 Å². The molecule has 2 heterocycles. The molecule has 7 heteroatoms. The smallest absolute Gasteiger partial charge is 0.269 e. The van der Waals surface area contributed by atoms with Crippen molar-refractivity contribution in [3.05, 3.63) is 52.0 Å². The van der Waals surface area contributed by atoms with E-state index in [-0.39, 0.29) is 10.6 Å².